The van der Waals surface area contributed by atoms with Crippen LogP contribution < -0.4 is 14.8 Å². The van der Waals surface area contributed by atoms with Crippen molar-refractivity contribution in [3.05, 3.63) is 40.7 Å². The van der Waals surface area contributed by atoms with Gasteiger partial charge in [0.2, 0.25) is 4.96 Å². The van der Waals surface area contributed by atoms with E-state index in [1.54, 1.807) is 36.6 Å². The lowest BCUT2D eigenvalue weighted by Gasteiger charge is -2.10. The molecule has 0 bridgehead atoms. The van der Waals surface area contributed by atoms with E-state index in [-0.39, 0.29) is 5.91 Å². The van der Waals surface area contributed by atoms with Crippen molar-refractivity contribution in [3.8, 4) is 11.5 Å². The second kappa shape index (κ2) is 6.88. The Hall–Kier alpha value is -2.61. The number of ether oxygens (including phenoxy) is 2. The summed E-state index contributed by atoms with van der Waals surface area (Å²) in [5.41, 5.74) is 1.50. The van der Waals surface area contributed by atoms with Crippen LogP contribution in [0.25, 0.3) is 4.96 Å². The molecular formula is C16H18N4O3S. The molecule has 3 rings (SSSR count). The number of rotatable bonds is 6. The van der Waals surface area contributed by atoms with Gasteiger partial charge in [0.15, 0.2) is 0 Å². The molecule has 126 valence electrons. The minimum atomic E-state index is -0.184. The van der Waals surface area contributed by atoms with Crippen molar-refractivity contribution in [2.24, 2.45) is 0 Å². The van der Waals surface area contributed by atoms with Crippen LogP contribution in [0.5, 0.6) is 11.5 Å². The fraction of sp³-hybridized carbons (Fsp3) is 0.312. The average Bonchev–Trinajstić information content (AvgIpc) is 3.13. The fourth-order valence-corrected chi connectivity index (χ4v) is 3.28. The summed E-state index contributed by atoms with van der Waals surface area (Å²) < 4.78 is 12.2. The number of nitrogens with zero attached hydrogens (tertiary/aromatic N) is 3. The predicted octanol–water partition coefficient (Wildman–Crippen LogP) is 2.09. The van der Waals surface area contributed by atoms with Crippen LogP contribution in [0.3, 0.4) is 0 Å². The lowest BCUT2D eigenvalue weighted by atomic mass is 10.1. The zero-order valence-corrected chi connectivity index (χ0v) is 14.5. The number of methoxy groups -OCH3 is 2. The Morgan fingerprint density at radius 3 is 2.92 bits per heavy atom. The Morgan fingerprint density at radius 2 is 2.17 bits per heavy atom. The largest absolute Gasteiger partial charge is 0.497 e. The number of aryl methyl sites for hydroxylation is 1. The maximum atomic E-state index is 12.4. The highest BCUT2D eigenvalue weighted by Crippen LogP contribution is 2.24. The van der Waals surface area contributed by atoms with Gasteiger partial charge in [-0.1, -0.05) is 0 Å². The summed E-state index contributed by atoms with van der Waals surface area (Å²) in [6.45, 7) is 2.36. The summed E-state index contributed by atoms with van der Waals surface area (Å²) in [6, 6.07) is 5.12. The van der Waals surface area contributed by atoms with Gasteiger partial charge >= 0.3 is 0 Å². The standard InChI is InChI=1S/C16H18N4O3S/c1-10-18-16-20(19-10)11(9-24-16)6-7-17-15(21)13-5-4-12(22-2)8-14(13)23-3/h4-5,8-9H,6-7H2,1-3H3,(H,17,21). The molecule has 2 heterocycles. The zero-order valence-electron chi connectivity index (χ0n) is 13.7. The van der Waals surface area contributed by atoms with Gasteiger partial charge in [0.1, 0.15) is 17.3 Å². The van der Waals surface area contributed by atoms with Crippen molar-refractivity contribution in [2.45, 2.75) is 13.3 Å². The Bertz CT molecular complexity index is 871. The van der Waals surface area contributed by atoms with Crippen LogP contribution in [0.1, 0.15) is 21.9 Å². The van der Waals surface area contributed by atoms with Crippen LogP contribution in [0.2, 0.25) is 0 Å². The van der Waals surface area contributed by atoms with E-state index in [0.29, 0.717) is 30.0 Å². The molecule has 0 aliphatic rings. The van der Waals surface area contributed by atoms with Crippen molar-refractivity contribution in [2.75, 3.05) is 20.8 Å². The third-order valence-corrected chi connectivity index (χ3v) is 4.44. The van der Waals surface area contributed by atoms with Gasteiger partial charge in [-0.3, -0.25) is 4.79 Å². The first-order valence-corrected chi connectivity index (χ1v) is 8.30. The van der Waals surface area contributed by atoms with Gasteiger partial charge in [0.25, 0.3) is 5.91 Å². The van der Waals surface area contributed by atoms with Crippen LogP contribution in [-0.4, -0.2) is 41.3 Å². The lowest BCUT2D eigenvalue weighted by Crippen LogP contribution is -2.26. The van der Waals surface area contributed by atoms with Crippen molar-refractivity contribution in [1.82, 2.24) is 19.9 Å². The van der Waals surface area contributed by atoms with Crippen LogP contribution in [-0.2, 0) is 6.42 Å². The first-order valence-electron chi connectivity index (χ1n) is 7.42. The normalized spacial score (nSPS) is 10.8. The third kappa shape index (κ3) is 3.18. The first kappa shape index (κ1) is 16.3. The maximum absolute atomic E-state index is 12.4. The molecule has 2 aromatic heterocycles. The number of nitrogens with one attached hydrogen (secondary N) is 1. The highest BCUT2D eigenvalue weighted by Gasteiger charge is 2.13. The van der Waals surface area contributed by atoms with Gasteiger partial charge in [0.05, 0.1) is 25.5 Å². The molecule has 0 spiro atoms. The van der Waals surface area contributed by atoms with E-state index < -0.39 is 0 Å². The second-order valence-corrected chi connectivity index (χ2v) is 5.99. The van der Waals surface area contributed by atoms with E-state index in [9.17, 15) is 4.79 Å². The highest BCUT2D eigenvalue weighted by molar-refractivity contribution is 7.15. The molecule has 8 heteroatoms. The summed E-state index contributed by atoms with van der Waals surface area (Å²) in [6.07, 6.45) is 0.674. The monoisotopic (exact) mass is 346 g/mol. The summed E-state index contributed by atoms with van der Waals surface area (Å²) >= 11 is 1.54. The summed E-state index contributed by atoms with van der Waals surface area (Å²) in [7, 11) is 3.10. The fourth-order valence-electron chi connectivity index (χ4n) is 2.38. The number of aromatic nitrogens is 3. The predicted molar refractivity (Wildman–Crippen MR) is 91.2 cm³/mol. The Balaban J connectivity index is 1.65. The number of hydrogen-bond donors (Lipinski definition) is 1. The summed E-state index contributed by atoms with van der Waals surface area (Å²) in [5, 5.41) is 9.26. The Kier molecular flexibility index (Phi) is 4.66. The number of carbonyl (C=O) groups is 1. The van der Waals surface area contributed by atoms with E-state index in [1.165, 1.54) is 7.11 Å². The SMILES string of the molecule is COc1ccc(C(=O)NCCc2csc3nc(C)nn23)c(OC)c1. The minimum absolute atomic E-state index is 0.184. The number of carbonyl (C=O) groups excluding carboxylic acids is 1. The zero-order chi connectivity index (χ0) is 17.1. The van der Waals surface area contributed by atoms with Crippen molar-refractivity contribution >= 4 is 22.2 Å². The first-order chi connectivity index (χ1) is 11.6. The van der Waals surface area contributed by atoms with Gasteiger partial charge in [-0.2, -0.15) is 5.10 Å². The molecular weight excluding hydrogens is 328 g/mol. The molecule has 0 fully saturated rings. The molecule has 0 atom stereocenters. The molecule has 0 saturated carbocycles. The topological polar surface area (TPSA) is 77.8 Å². The van der Waals surface area contributed by atoms with Crippen molar-refractivity contribution in [3.63, 3.8) is 0 Å². The maximum Gasteiger partial charge on any atom is 0.255 e. The van der Waals surface area contributed by atoms with Crippen LogP contribution in [0.4, 0.5) is 0 Å². The molecule has 1 N–H and O–H groups in total. The van der Waals surface area contributed by atoms with Crippen LogP contribution >= 0.6 is 11.3 Å². The average molecular weight is 346 g/mol. The number of benzene rings is 1. The van der Waals surface area contributed by atoms with Gasteiger partial charge in [-0.05, 0) is 19.1 Å². The third-order valence-electron chi connectivity index (χ3n) is 3.58. The van der Waals surface area contributed by atoms with E-state index in [4.69, 9.17) is 9.47 Å². The quantitative estimate of drug-likeness (QED) is 0.739. The minimum Gasteiger partial charge on any atom is -0.497 e. The van der Waals surface area contributed by atoms with Crippen molar-refractivity contribution in [1.29, 1.82) is 0 Å². The van der Waals surface area contributed by atoms with E-state index >= 15 is 0 Å². The van der Waals surface area contributed by atoms with Gasteiger partial charge in [-0.15, -0.1) is 11.3 Å². The van der Waals surface area contributed by atoms with Crippen molar-refractivity contribution < 1.29 is 14.3 Å². The van der Waals surface area contributed by atoms with Gasteiger partial charge in [-0.25, -0.2) is 9.50 Å². The van der Waals surface area contributed by atoms with E-state index in [2.05, 4.69) is 15.4 Å². The smallest absolute Gasteiger partial charge is 0.255 e. The highest BCUT2D eigenvalue weighted by atomic mass is 32.1. The molecule has 3 aromatic rings. The van der Waals surface area contributed by atoms with E-state index in [1.807, 2.05) is 16.8 Å². The molecule has 0 saturated heterocycles. The number of hydrogen-bond acceptors (Lipinski definition) is 6. The summed E-state index contributed by atoms with van der Waals surface area (Å²) in [5.74, 6) is 1.69. The Morgan fingerprint density at radius 1 is 1.33 bits per heavy atom. The van der Waals surface area contributed by atoms with Crippen LogP contribution in [0, 0.1) is 6.92 Å². The van der Waals surface area contributed by atoms with Crippen LogP contribution in [0.15, 0.2) is 23.6 Å². The number of thiazole rings is 1. The molecule has 1 amide bonds. The van der Waals surface area contributed by atoms with Gasteiger partial charge in [0, 0.05) is 24.4 Å². The second-order valence-electron chi connectivity index (χ2n) is 5.15. The number of amides is 1. The molecule has 0 unspecified atom stereocenters. The Labute approximate surface area is 143 Å². The number of fused-ring (bicyclic) bond motifs is 1. The lowest BCUT2D eigenvalue weighted by molar-refractivity contribution is 0.0951. The molecule has 24 heavy (non-hydrogen) atoms. The molecule has 0 aliphatic carbocycles. The molecule has 0 radical (unpaired) electrons. The molecule has 0 aliphatic heterocycles. The molecule has 1 aromatic carbocycles. The van der Waals surface area contributed by atoms with E-state index in [0.717, 1.165) is 16.5 Å². The molecule has 7 nitrogen and oxygen atoms in total. The van der Waals surface area contributed by atoms with Gasteiger partial charge < -0.3 is 14.8 Å². The summed E-state index contributed by atoms with van der Waals surface area (Å²) in [4.78, 5) is 17.5.